The molecule has 0 aromatic carbocycles. The summed E-state index contributed by atoms with van der Waals surface area (Å²) in [5.41, 5.74) is 2.10. The van der Waals surface area contributed by atoms with E-state index < -0.39 is 0 Å². The van der Waals surface area contributed by atoms with Crippen LogP contribution in [-0.2, 0) is 0 Å². The number of rotatable bonds is 0. The normalized spacial score (nSPS) is 22.7. The van der Waals surface area contributed by atoms with Crippen LogP contribution in [0, 0.1) is 0 Å². The van der Waals surface area contributed by atoms with E-state index >= 15 is 0 Å². The minimum Gasteiger partial charge on any atom is -0.197 e. The van der Waals surface area contributed by atoms with Gasteiger partial charge in [-0.05, 0) is 12.5 Å². The predicted molar refractivity (Wildman–Crippen MR) is 38.4 cm³/mol. The Labute approximate surface area is 59.1 Å². The average Bonchev–Trinajstić information content (AvgIpc) is 2.36. The van der Waals surface area contributed by atoms with Crippen molar-refractivity contribution in [1.82, 2.24) is 15.4 Å². The van der Waals surface area contributed by atoms with Gasteiger partial charge in [-0.2, -0.15) is 15.4 Å². The SMILES string of the molecule is CC1CC=Cc2n[nH]nc21. The summed E-state index contributed by atoms with van der Waals surface area (Å²) in [6, 6.07) is 0. The first-order valence-corrected chi connectivity index (χ1v) is 3.45. The van der Waals surface area contributed by atoms with Crippen LogP contribution < -0.4 is 0 Å². The zero-order valence-electron chi connectivity index (χ0n) is 5.83. The maximum absolute atomic E-state index is 4.05. The molecule has 0 amide bonds. The Morgan fingerprint density at radius 1 is 1.60 bits per heavy atom. The minimum atomic E-state index is 0.527. The number of H-pyrrole nitrogens is 1. The molecule has 1 heterocycles. The van der Waals surface area contributed by atoms with Crippen LogP contribution in [0.5, 0.6) is 0 Å². The second-order valence-corrected chi connectivity index (χ2v) is 2.63. The lowest BCUT2D eigenvalue weighted by atomic mass is 9.97. The van der Waals surface area contributed by atoms with E-state index in [1.165, 1.54) is 0 Å². The van der Waals surface area contributed by atoms with Gasteiger partial charge in [0, 0.05) is 5.92 Å². The van der Waals surface area contributed by atoms with E-state index in [9.17, 15) is 0 Å². The largest absolute Gasteiger partial charge is 0.197 e. The fraction of sp³-hybridized carbons (Fsp3) is 0.429. The molecule has 0 radical (unpaired) electrons. The second kappa shape index (κ2) is 1.94. The number of fused-ring (bicyclic) bond motifs is 1. The molecule has 0 spiro atoms. The number of nitrogens with one attached hydrogen (secondary N) is 1. The molecule has 3 nitrogen and oxygen atoms in total. The maximum atomic E-state index is 4.05. The summed E-state index contributed by atoms with van der Waals surface area (Å²) in [5.74, 6) is 0.527. The monoisotopic (exact) mass is 135 g/mol. The smallest absolute Gasteiger partial charge is 0.108 e. The standard InChI is InChI=1S/C7H9N3/c1-5-3-2-4-6-7(5)9-10-8-6/h2,4-5H,3H2,1H3,(H,8,9,10). The van der Waals surface area contributed by atoms with Crippen LogP contribution in [0.25, 0.3) is 6.08 Å². The van der Waals surface area contributed by atoms with E-state index in [4.69, 9.17) is 0 Å². The highest BCUT2D eigenvalue weighted by Crippen LogP contribution is 2.24. The molecule has 3 heteroatoms. The first-order chi connectivity index (χ1) is 4.88. The lowest BCUT2D eigenvalue weighted by Gasteiger charge is -2.08. The van der Waals surface area contributed by atoms with E-state index in [0.717, 1.165) is 17.8 Å². The van der Waals surface area contributed by atoms with E-state index in [-0.39, 0.29) is 0 Å². The Morgan fingerprint density at radius 3 is 3.30 bits per heavy atom. The summed E-state index contributed by atoms with van der Waals surface area (Å²) in [6.45, 7) is 2.16. The molecule has 2 rings (SSSR count). The van der Waals surface area contributed by atoms with Gasteiger partial charge in [-0.15, -0.1) is 0 Å². The highest BCUT2D eigenvalue weighted by atomic mass is 15.3. The average molecular weight is 135 g/mol. The first kappa shape index (κ1) is 5.65. The summed E-state index contributed by atoms with van der Waals surface area (Å²) in [7, 11) is 0. The third-order valence-electron chi connectivity index (χ3n) is 1.84. The molecule has 10 heavy (non-hydrogen) atoms. The molecule has 1 aromatic rings. The van der Waals surface area contributed by atoms with Crippen LogP contribution in [0.15, 0.2) is 6.08 Å². The van der Waals surface area contributed by atoms with Crippen LogP contribution in [0.4, 0.5) is 0 Å². The van der Waals surface area contributed by atoms with Gasteiger partial charge < -0.3 is 0 Å². The molecule has 0 saturated carbocycles. The number of aromatic nitrogens is 3. The summed E-state index contributed by atoms with van der Waals surface area (Å²) in [6.07, 6.45) is 5.23. The van der Waals surface area contributed by atoms with Gasteiger partial charge in [0.25, 0.3) is 0 Å². The van der Waals surface area contributed by atoms with Gasteiger partial charge >= 0.3 is 0 Å². The van der Waals surface area contributed by atoms with Gasteiger partial charge in [0.1, 0.15) is 5.69 Å². The third-order valence-corrected chi connectivity index (χ3v) is 1.84. The van der Waals surface area contributed by atoms with Crippen LogP contribution in [0.1, 0.15) is 30.7 Å². The Kier molecular flexibility index (Phi) is 1.09. The van der Waals surface area contributed by atoms with Crippen molar-refractivity contribution in [3.8, 4) is 0 Å². The quantitative estimate of drug-likeness (QED) is 0.583. The van der Waals surface area contributed by atoms with Crippen molar-refractivity contribution in [2.45, 2.75) is 19.3 Å². The summed E-state index contributed by atoms with van der Waals surface area (Å²) < 4.78 is 0. The van der Waals surface area contributed by atoms with Crippen molar-refractivity contribution in [3.05, 3.63) is 17.5 Å². The molecule has 52 valence electrons. The van der Waals surface area contributed by atoms with Crippen molar-refractivity contribution < 1.29 is 0 Å². The highest BCUT2D eigenvalue weighted by Gasteiger charge is 2.15. The van der Waals surface area contributed by atoms with Crippen LogP contribution >= 0.6 is 0 Å². The Morgan fingerprint density at radius 2 is 2.50 bits per heavy atom. The number of hydrogen-bond donors (Lipinski definition) is 1. The Balaban J connectivity index is 2.52. The lowest BCUT2D eigenvalue weighted by Crippen LogP contribution is -1.98. The molecule has 1 aromatic heterocycles. The number of allylic oxidation sites excluding steroid dienone is 1. The second-order valence-electron chi connectivity index (χ2n) is 2.63. The number of nitrogens with zero attached hydrogens (tertiary/aromatic N) is 2. The molecule has 0 aliphatic heterocycles. The van der Waals surface area contributed by atoms with Gasteiger partial charge in [0.05, 0.1) is 5.69 Å². The molecule has 1 aliphatic rings. The molecule has 1 aliphatic carbocycles. The fourth-order valence-corrected chi connectivity index (χ4v) is 1.23. The summed E-state index contributed by atoms with van der Waals surface area (Å²) in [4.78, 5) is 0. The number of aromatic amines is 1. The highest BCUT2D eigenvalue weighted by molar-refractivity contribution is 5.50. The van der Waals surface area contributed by atoms with Gasteiger partial charge in [-0.3, -0.25) is 0 Å². The Hall–Kier alpha value is -1.12. The molecule has 0 fully saturated rings. The van der Waals surface area contributed by atoms with E-state index in [1.54, 1.807) is 0 Å². The zero-order valence-corrected chi connectivity index (χ0v) is 5.83. The lowest BCUT2D eigenvalue weighted by molar-refractivity contribution is 0.735. The molecule has 1 N–H and O–H groups in total. The first-order valence-electron chi connectivity index (χ1n) is 3.45. The van der Waals surface area contributed by atoms with E-state index in [2.05, 4.69) is 28.4 Å². The molecule has 1 unspecified atom stereocenters. The van der Waals surface area contributed by atoms with Crippen molar-refractivity contribution in [1.29, 1.82) is 0 Å². The van der Waals surface area contributed by atoms with Crippen LogP contribution in [0.3, 0.4) is 0 Å². The van der Waals surface area contributed by atoms with Gasteiger partial charge in [-0.1, -0.05) is 13.0 Å². The van der Waals surface area contributed by atoms with Crippen molar-refractivity contribution in [3.63, 3.8) is 0 Å². The van der Waals surface area contributed by atoms with Crippen LogP contribution in [0.2, 0.25) is 0 Å². The molecule has 0 bridgehead atoms. The summed E-state index contributed by atoms with van der Waals surface area (Å²) >= 11 is 0. The van der Waals surface area contributed by atoms with Gasteiger partial charge in [0.2, 0.25) is 0 Å². The van der Waals surface area contributed by atoms with Crippen LogP contribution in [-0.4, -0.2) is 15.4 Å². The predicted octanol–water partition coefficient (Wildman–Crippen LogP) is 1.33. The third kappa shape index (κ3) is 0.667. The fourth-order valence-electron chi connectivity index (χ4n) is 1.23. The van der Waals surface area contributed by atoms with Gasteiger partial charge in [0.15, 0.2) is 0 Å². The topological polar surface area (TPSA) is 41.6 Å². The Bertz CT molecular complexity index is 262. The molecule has 0 saturated heterocycles. The van der Waals surface area contributed by atoms with E-state index in [1.807, 2.05) is 6.08 Å². The summed E-state index contributed by atoms with van der Waals surface area (Å²) in [5, 5.41) is 10.7. The van der Waals surface area contributed by atoms with Crippen molar-refractivity contribution in [2.75, 3.05) is 0 Å². The zero-order chi connectivity index (χ0) is 6.97. The van der Waals surface area contributed by atoms with Crippen molar-refractivity contribution in [2.24, 2.45) is 0 Å². The maximum Gasteiger partial charge on any atom is 0.108 e. The minimum absolute atomic E-state index is 0.527. The van der Waals surface area contributed by atoms with Gasteiger partial charge in [-0.25, -0.2) is 0 Å². The molecule has 1 atom stereocenters. The van der Waals surface area contributed by atoms with E-state index in [0.29, 0.717) is 5.92 Å². The number of hydrogen-bond acceptors (Lipinski definition) is 2. The molecular formula is C7H9N3. The van der Waals surface area contributed by atoms with Crippen molar-refractivity contribution >= 4 is 6.08 Å². The molecular weight excluding hydrogens is 126 g/mol.